The Morgan fingerprint density at radius 1 is 1.14 bits per heavy atom. The van der Waals surface area contributed by atoms with Gasteiger partial charge in [-0.05, 0) is 29.8 Å². The van der Waals surface area contributed by atoms with Crippen molar-refractivity contribution in [3.8, 4) is 6.07 Å². The number of nitrogens with one attached hydrogen (secondary N) is 1. The molecule has 0 radical (unpaired) electrons. The van der Waals surface area contributed by atoms with Crippen molar-refractivity contribution in [3.63, 3.8) is 0 Å². The molecule has 0 unspecified atom stereocenters. The Morgan fingerprint density at radius 3 is 2.57 bits per heavy atom. The van der Waals surface area contributed by atoms with E-state index in [1.165, 1.54) is 12.1 Å². The second kappa shape index (κ2) is 6.35. The zero-order valence-corrected chi connectivity index (χ0v) is 13.0. The lowest BCUT2D eigenvalue weighted by Crippen LogP contribution is -2.16. The molecule has 0 bridgehead atoms. The minimum atomic E-state index is -3.70. The largest absolute Gasteiger partial charge is 0.282 e. The van der Waals surface area contributed by atoms with Crippen LogP contribution in [0.3, 0.4) is 0 Å². The zero-order chi connectivity index (χ0) is 15.5. The van der Waals surface area contributed by atoms with E-state index in [1.54, 1.807) is 30.3 Å². The van der Waals surface area contributed by atoms with E-state index in [1.807, 2.05) is 6.07 Å². The van der Waals surface area contributed by atoms with Crippen LogP contribution in [0.5, 0.6) is 0 Å². The standard InChI is InChI=1S/C14H10Cl2N2O2S/c15-12-5-6-13(16)14(7-12)18-21(19,20)9-11-4-2-1-3-10(11)8-17/h1-7,18H,9H2. The molecule has 0 fully saturated rings. The van der Waals surface area contributed by atoms with Gasteiger partial charge in [0, 0.05) is 5.02 Å². The molecular weight excluding hydrogens is 331 g/mol. The molecule has 21 heavy (non-hydrogen) atoms. The maximum Gasteiger partial charge on any atom is 0.237 e. The van der Waals surface area contributed by atoms with E-state index in [9.17, 15) is 8.42 Å². The van der Waals surface area contributed by atoms with Crippen molar-refractivity contribution < 1.29 is 8.42 Å². The second-order valence-electron chi connectivity index (χ2n) is 4.25. The third-order valence-corrected chi connectivity index (χ3v) is 4.46. The molecule has 0 saturated carbocycles. The van der Waals surface area contributed by atoms with Gasteiger partial charge in [-0.2, -0.15) is 5.26 Å². The second-order valence-corrected chi connectivity index (χ2v) is 6.82. The normalized spacial score (nSPS) is 10.9. The molecule has 0 amide bonds. The predicted molar refractivity (Wildman–Crippen MR) is 83.9 cm³/mol. The molecule has 4 nitrogen and oxygen atoms in total. The van der Waals surface area contributed by atoms with Crippen molar-refractivity contribution in [3.05, 3.63) is 63.6 Å². The Hall–Kier alpha value is -1.74. The molecule has 0 saturated heterocycles. The topological polar surface area (TPSA) is 70.0 Å². The number of benzene rings is 2. The van der Waals surface area contributed by atoms with Crippen LogP contribution in [0.15, 0.2) is 42.5 Å². The number of hydrogen-bond acceptors (Lipinski definition) is 3. The summed E-state index contributed by atoms with van der Waals surface area (Å²) < 4.78 is 26.7. The van der Waals surface area contributed by atoms with Gasteiger partial charge in [0.25, 0.3) is 0 Å². The summed E-state index contributed by atoms with van der Waals surface area (Å²) in [4.78, 5) is 0. The van der Waals surface area contributed by atoms with Gasteiger partial charge in [-0.15, -0.1) is 0 Å². The van der Waals surface area contributed by atoms with Crippen LogP contribution in [-0.4, -0.2) is 8.42 Å². The van der Waals surface area contributed by atoms with Gasteiger partial charge >= 0.3 is 0 Å². The van der Waals surface area contributed by atoms with Gasteiger partial charge in [-0.1, -0.05) is 41.4 Å². The van der Waals surface area contributed by atoms with Crippen molar-refractivity contribution in [1.82, 2.24) is 0 Å². The predicted octanol–water partition coefficient (Wildman–Crippen LogP) is 3.81. The van der Waals surface area contributed by atoms with E-state index in [0.29, 0.717) is 16.1 Å². The molecule has 0 atom stereocenters. The van der Waals surface area contributed by atoms with Crippen LogP contribution >= 0.6 is 23.2 Å². The molecule has 7 heteroatoms. The Balaban J connectivity index is 2.27. The van der Waals surface area contributed by atoms with Gasteiger partial charge in [0.1, 0.15) is 0 Å². The summed E-state index contributed by atoms with van der Waals surface area (Å²) in [5.74, 6) is -0.320. The van der Waals surface area contributed by atoms with Gasteiger partial charge < -0.3 is 0 Å². The zero-order valence-electron chi connectivity index (χ0n) is 10.7. The number of hydrogen-bond donors (Lipinski definition) is 1. The Morgan fingerprint density at radius 2 is 1.86 bits per heavy atom. The van der Waals surface area contributed by atoms with Crippen LogP contribution in [0.1, 0.15) is 11.1 Å². The fourth-order valence-electron chi connectivity index (χ4n) is 1.74. The van der Waals surface area contributed by atoms with E-state index in [4.69, 9.17) is 28.5 Å². The van der Waals surface area contributed by atoms with Crippen LogP contribution in [0.2, 0.25) is 10.0 Å². The van der Waals surface area contributed by atoms with E-state index in [2.05, 4.69) is 4.72 Å². The van der Waals surface area contributed by atoms with Gasteiger partial charge in [0.05, 0.1) is 28.1 Å². The van der Waals surface area contributed by atoms with Crippen LogP contribution < -0.4 is 4.72 Å². The summed E-state index contributed by atoms with van der Waals surface area (Å²) in [5.41, 5.74) is 0.948. The lowest BCUT2D eigenvalue weighted by Gasteiger charge is -2.10. The highest BCUT2D eigenvalue weighted by Gasteiger charge is 2.16. The summed E-state index contributed by atoms with van der Waals surface area (Å²) in [6, 6.07) is 13.0. The smallest absolute Gasteiger partial charge is 0.237 e. The summed E-state index contributed by atoms with van der Waals surface area (Å²) >= 11 is 11.7. The number of halogens is 2. The summed E-state index contributed by atoms with van der Waals surface area (Å²) in [5, 5.41) is 9.60. The number of anilines is 1. The van der Waals surface area contributed by atoms with Crippen molar-refractivity contribution in [1.29, 1.82) is 5.26 Å². The molecule has 2 aromatic carbocycles. The maximum absolute atomic E-state index is 12.2. The SMILES string of the molecule is N#Cc1ccccc1CS(=O)(=O)Nc1cc(Cl)ccc1Cl. The van der Waals surface area contributed by atoms with Gasteiger partial charge in [-0.3, -0.25) is 4.72 Å². The Labute approximate surface area is 133 Å². The molecule has 0 aliphatic carbocycles. The maximum atomic E-state index is 12.2. The highest BCUT2D eigenvalue weighted by Crippen LogP contribution is 2.27. The number of sulfonamides is 1. The molecule has 108 valence electrons. The van der Waals surface area contributed by atoms with E-state index in [-0.39, 0.29) is 16.5 Å². The molecule has 0 aliphatic heterocycles. The first kappa shape index (κ1) is 15.6. The first-order valence-corrected chi connectivity index (χ1v) is 8.25. The molecular formula is C14H10Cl2N2O2S. The van der Waals surface area contributed by atoms with Crippen LogP contribution in [0.25, 0.3) is 0 Å². The molecule has 0 spiro atoms. The number of rotatable bonds is 4. The highest BCUT2D eigenvalue weighted by molar-refractivity contribution is 7.91. The fourth-order valence-corrected chi connectivity index (χ4v) is 3.37. The highest BCUT2D eigenvalue weighted by atomic mass is 35.5. The van der Waals surface area contributed by atoms with Crippen molar-refractivity contribution in [2.75, 3.05) is 4.72 Å². The Kier molecular flexibility index (Phi) is 4.73. The van der Waals surface area contributed by atoms with Crippen LogP contribution in [0, 0.1) is 11.3 Å². The summed E-state index contributed by atoms with van der Waals surface area (Å²) in [6.07, 6.45) is 0. The number of nitrogens with zero attached hydrogens (tertiary/aromatic N) is 1. The average molecular weight is 341 g/mol. The van der Waals surface area contributed by atoms with Gasteiger partial charge in [0.2, 0.25) is 10.0 Å². The fraction of sp³-hybridized carbons (Fsp3) is 0.0714. The first-order chi connectivity index (χ1) is 9.91. The molecule has 2 rings (SSSR count). The van der Waals surface area contributed by atoms with E-state index >= 15 is 0 Å². The molecule has 0 aromatic heterocycles. The third-order valence-electron chi connectivity index (χ3n) is 2.68. The van der Waals surface area contributed by atoms with Crippen molar-refractivity contribution >= 4 is 38.9 Å². The molecule has 0 heterocycles. The molecule has 1 N–H and O–H groups in total. The monoisotopic (exact) mass is 340 g/mol. The average Bonchev–Trinajstić information content (AvgIpc) is 2.43. The minimum absolute atomic E-state index is 0.207. The van der Waals surface area contributed by atoms with E-state index < -0.39 is 10.0 Å². The summed E-state index contributed by atoms with van der Waals surface area (Å²) in [7, 11) is -3.70. The van der Waals surface area contributed by atoms with E-state index in [0.717, 1.165) is 0 Å². The van der Waals surface area contributed by atoms with Crippen molar-refractivity contribution in [2.24, 2.45) is 0 Å². The van der Waals surface area contributed by atoms with Crippen LogP contribution in [-0.2, 0) is 15.8 Å². The third kappa shape index (κ3) is 4.11. The minimum Gasteiger partial charge on any atom is -0.282 e. The Bertz CT molecular complexity index is 814. The van der Waals surface area contributed by atoms with Gasteiger partial charge in [-0.25, -0.2) is 8.42 Å². The quantitative estimate of drug-likeness (QED) is 0.919. The van der Waals surface area contributed by atoms with Crippen molar-refractivity contribution in [2.45, 2.75) is 5.75 Å². The van der Waals surface area contributed by atoms with Gasteiger partial charge in [0.15, 0.2) is 0 Å². The lowest BCUT2D eigenvalue weighted by atomic mass is 10.1. The number of nitriles is 1. The van der Waals surface area contributed by atoms with Crippen LogP contribution in [0.4, 0.5) is 5.69 Å². The molecule has 2 aromatic rings. The first-order valence-electron chi connectivity index (χ1n) is 5.85. The lowest BCUT2D eigenvalue weighted by molar-refractivity contribution is 0.600. The molecule has 0 aliphatic rings. The summed E-state index contributed by atoms with van der Waals surface area (Å²) in [6.45, 7) is 0.